The van der Waals surface area contributed by atoms with Crippen LogP contribution in [0.4, 0.5) is 0 Å². The van der Waals surface area contributed by atoms with Crippen molar-refractivity contribution >= 4 is 44.2 Å². The molecule has 0 heterocycles. The summed E-state index contributed by atoms with van der Waals surface area (Å²) in [6.45, 7) is 0.426. The number of halogens is 2. The Hall–Kier alpha value is 0.150. The minimum Gasteiger partial charge on any atom is -0.210 e. The van der Waals surface area contributed by atoms with Crippen molar-refractivity contribution in [3.63, 3.8) is 0 Å². The Labute approximate surface area is 102 Å². The van der Waals surface area contributed by atoms with Crippen LogP contribution in [0.5, 0.6) is 0 Å². The fourth-order valence-electron chi connectivity index (χ4n) is 0.890. The molecule has 0 radical (unpaired) electrons. The van der Waals surface area contributed by atoms with Gasteiger partial charge in [0.15, 0.2) is 0 Å². The maximum absolute atomic E-state index is 11.6. The normalized spacial score (nSPS) is 11.6. The average Bonchev–Trinajstić information content (AvgIpc) is 2.15. The first-order valence-electron chi connectivity index (χ1n) is 3.87. The number of nitrogens with one attached hydrogen (secondary N) is 1. The average molecular weight is 346 g/mol. The van der Waals surface area contributed by atoms with Crippen LogP contribution in [-0.2, 0) is 10.0 Å². The van der Waals surface area contributed by atoms with E-state index in [9.17, 15) is 8.42 Å². The van der Waals surface area contributed by atoms with Gasteiger partial charge in [-0.25, -0.2) is 13.1 Å². The molecule has 0 amide bonds. The number of alkyl halides is 1. The third-order valence-corrected chi connectivity index (χ3v) is 3.73. The summed E-state index contributed by atoms with van der Waals surface area (Å²) in [5.41, 5.74) is 0. The second-order valence-corrected chi connectivity index (χ2v) is 5.83. The van der Waals surface area contributed by atoms with Crippen LogP contribution < -0.4 is 4.72 Å². The maximum atomic E-state index is 11.6. The molecule has 3 nitrogen and oxygen atoms in total. The maximum Gasteiger partial charge on any atom is 0.240 e. The van der Waals surface area contributed by atoms with E-state index in [-0.39, 0.29) is 4.90 Å². The molecule has 0 spiro atoms. The number of rotatable bonds is 4. The summed E-state index contributed by atoms with van der Waals surface area (Å²) in [7, 11) is -3.38. The Morgan fingerprint density at radius 3 is 2.71 bits per heavy atom. The highest BCUT2D eigenvalue weighted by Gasteiger charge is 2.12. The first kappa shape index (κ1) is 12.2. The van der Waals surface area contributed by atoms with E-state index < -0.39 is 10.0 Å². The van der Waals surface area contributed by atoms with Crippen LogP contribution in [0, 0.1) is 0 Å². The van der Waals surface area contributed by atoms with Gasteiger partial charge in [-0.15, -0.1) is 0 Å². The van der Waals surface area contributed by atoms with Gasteiger partial charge in [-0.1, -0.05) is 40.3 Å². The number of sulfonamides is 1. The summed E-state index contributed by atoms with van der Waals surface area (Å²) in [6, 6.07) is 6.19. The summed E-state index contributed by atoms with van der Waals surface area (Å²) in [5, 5.41) is 0.419. The van der Waals surface area contributed by atoms with Crippen LogP contribution in [0.1, 0.15) is 0 Å². The Morgan fingerprint density at radius 1 is 1.43 bits per heavy atom. The highest BCUT2D eigenvalue weighted by Crippen LogP contribution is 2.14. The van der Waals surface area contributed by atoms with Crippen molar-refractivity contribution in [3.8, 4) is 0 Å². The van der Waals surface area contributed by atoms with E-state index in [1.165, 1.54) is 12.1 Å². The molecule has 1 N–H and O–H groups in total. The summed E-state index contributed by atoms with van der Waals surface area (Å²) >= 11 is 7.79. The Balaban J connectivity index is 2.93. The van der Waals surface area contributed by atoms with Gasteiger partial charge in [0.1, 0.15) is 0 Å². The van der Waals surface area contributed by atoms with Crippen molar-refractivity contribution in [2.24, 2.45) is 0 Å². The van der Waals surface area contributed by atoms with Crippen molar-refractivity contribution in [2.45, 2.75) is 4.90 Å². The third kappa shape index (κ3) is 3.38. The molecule has 0 unspecified atom stereocenters. The molecule has 1 aromatic carbocycles. The van der Waals surface area contributed by atoms with Gasteiger partial charge in [0, 0.05) is 16.0 Å². The Kier molecular flexibility index (Phi) is 4.62. The first-order valence-corrected chi connectivity index (χ1v) is 7.26. The lowest BCUT2D eigenvalue weighted by Gasteiger charge is -2.04. The second-order valence-electron chi connectivity index (χ2n) is 2.54. The van der Waals surface area contributed by atoms with Gasteiger partial charge in [0.25, 0.3) is 0 Å². The lowest BCUT2D eigenvalue weighted by atomic mass is 10.4. The fraction of sp³-hybridized carbons (Fsp3) is 0.250. The van der Waals surface area contributed by atoms with Crippen LogP contribution in [0.2, 0.25) is 5.02 Å². The lowest BCUT2D eigenvalue weighted by Crippen LogP contribution is -2.25. The van der Waals surface area contributed by atoms with Crippen LogP contribution in [0.3, 0.4) is 0 Å². The molecule has 14 heavy (non-hydrogen) atoms. The minimum absolute atomic E-state index is 0.204. The molecule has 0 aliphatic heterocycles. The van der Waals surface area contributed by atoms with Gasteiger partial charge >= 0.3 is 0 Å². The predicted octanol–water partition coefficient (Wildman–Crippen LogP) is 2.05. The number of hydrogen-bond acceptors (Lipinski definition) is 2. The molecule has 0 aliphatic carbocycles. The lowest BCUT2D eigenvalue weighted by molar-refractivity contribution is 0.584. The second kappa shape index (κ2) is 5.29. The van der Waals surface area contributed by atoms with E-state index >= 15 is 0 Å². The molecule has 0 aliphatic rings. The highest BCUT2D eigenvalue weighted by molar-refractivity contribution is 14.1. The fourth-order valence-corrected chi connectivity index (χ4v) is 2.86. The zero-order chi connectivity index (χ0) is 10.6. The van der Waals surface area contributed by atoms with E-state index in [4.69, 9.17) is 11.6 Å². The molecule has 0 aromatic heterocycles. The van der Waals surface area contributed by atoms with Gasteiger partial charge in [0.05, 0.1) is 4.90 Å². The topological polar surface area (TPSA) is 46.2 Å². The summed E-state index contributed by atoms with van der Waals surface area (Å²) in [6.07, 6.45) is 0. The molecular formula is C8H9ClINO2S. The number of benzene rings is 1. The molecule has 0 atom stereocenters. The van der Waals surface area contributed by atoms with Gasteiger partial charge in [-0.3, -0.25) is 0 Å². The predicted molar refractivity (Wildman–Crippen MR) is 65.5 cm³/mol. The first-order chi connectivity index (χ1) is 6.56. The molecule has 0 saturated heterocycles. The van der Waals surface area contributed by atoms with Gasteiger partial charge < -0.3 is 0 Å². The van der Waals surface area contributed by atoms with Crippen LogP contribution in [0.25, 0.3) is 0 Å². The van der Waals surface area contributed by atoms with E-state index in [0.717, 1.165) is 4.43 Å². The molecule has 6 heteroatoms. The molecular weight excluding hydrogens is 337 g/mol. The highest BCUT2D eigenvalue weighted by atomic mass is 127. The summed E-state index contributed by atoms with van der Waals surface area (Å²) in [4.78, 5) is 0.204. The van der Waals surface area contributed by atoms with Crippen LogP contribution in [0.15, 0.2) is 29.2 Å². The van der Waals surface area contributed by atoms with E-state index in [0.29, 0.717) is 11.6 Å². The largest absolute Gasteiger partial charge is 0.240 e. The Bertz CT molecular complexity index is 408. The molecule has 0 bridgehead atoms. The Morgan fingerprint density at radius 2 is 2.14 bits per heavy atom. The van der Waals surface area contributed by atoms with E-state index in [1.807, 2.05) is 0 Å². The van der Waals surface area contributed by atoms with Crippen LogP contribution >= 0.6 is 34.2 Å². The zero-order valence-corrected chi connectivity index (χ0v) is 10.9. The smallest absolute Gasteiger partial charge is 0.210 e. The SMILES string of the molecule is O=S(=O)(NCCI)c1cccc(Cl)c1. The van der Waals surface area contributed by atoms with Crippen molar-refractivity contribution < 1.29 is 8.42 Å². The van der Waals surface area contributed by atoms with Crippen molar-refractivity contribution in [3.05, 3.63) is 29.3 Å². The summed E-state index contributed by atoms with van der Waals surface area (Å²) < 4.78 is 26.3. The molecule has 0 fully saturated rings. The van der Waals surface area contributed by atoms with Crippen molar-refractivity contribution in [1.29, 1.82) is 0 Å². The number of hydrogen-bond donors (Lipinski definition) is 1. The van der Waals surface area contributed by atoms with Gasteiger partial charge in [-0.05, 0) is 18.2 Å². The third-order valence-electron chi connectivity index (χ3n) is 1.49. The molecule has 1 aromatic rings. The van der Waals surface area contributed by atoms with E-state index in [2.05, 4.69) is 27.3 Å². The summed E-state index contributed by atoms with van der Waals surface area (Å²) in [5.74, 6) is 0. The molecule has 1 rings (SSSR count). The molecule has 0 saturated carbocycles. The van der Waals surface area contributed by atoms with E-state index in [1.54, 1.807) is 12.1 Å². The standard InChI is InChI=1S/C8H9ClINO2S/c9-7-2-1-3-8(6-7)14(12,13)11-5-4-10/h1-3,6,11H,4-5H2. The van der Waals surface area contributed by atoms with Gasteiger partial charge in [-0.2, -0.15) is 0 Å². The monoisotopic (exact) mass is 345 g/mol. The minimum atomic E-state index is -3.38. The van der Waals surface area contributed by atoms with Crippen molar-refractivity contribution in [2.75, 3.05) is 11.0 Å². The van der Waals surface area contributed by atoms with Crippen LogP contribution in [-0.4, -0.2) is 19.4 Å². The van der Waals surface area contributed by atoms with Crippen molar-refractivity contribution in [1.82, 2.24) is 4.72 Å². The quantitative estimate of drug-likeness (QED) is 0.671. The zero-order valence-electron chi connectivity index (χ0n) is 7.20. The molecule has 78 valence electrons. The van der Waals surface area contributed by atoms with Gasteiger partial charge in [0.2, 0.25) is 10.0 Å².